The smallest absolute Gasteiger partial charge is 0.407 e. The van der Waals surface area contributed by atoms with E-state index in [0.717, 1.165) is 26.0 Å². The predicted octanol–water partition coefficient (Wildman–Crippen LogP) is 4.86. The molecule has 1 atom stereocenters. The lowest BCUT2D eigenvalue weighted by molar-refractivity contribution is -0.0399. The molecule has 192 valence electrons. The highest BCUT2D eigenvalue weighted by Crippen LogP contribution is 2.51. The Hall–Kier alpha value is -1.64. The topological polar surface area (TPSA) is 80.1 Å². The Kier molecular flexibility index (Phi) is 8.53. The van der Waals surface area contributed by atoms with Crippen LogP contribution in [0.3, 0.4) is 0 Å². The van der Waals surface area contributed by atoms with Gasteiger partial charge in [-0.25, -0.2) is 9.48 Å². The van der Waals surface area contributed by atoms with Crippen molar-refractivity contribution >= 4 is 6.09 Å². The number of nitrogens with zero attached hydrogens (tertiary/aromatic N) is 4. The van der Waals surface area contributed by atoms with Gasteiger partial charge in [-0.15, -0.1) is 0 Å². The second kappa shape index (κ2) is 11.4. The second-order valence-corrected chi connectivity index (χ2v) is 11.0. The number of hydrogen-bond acceptors (Lipinski definition) is 5. The summed E-state index contributed by atoms with van der Waals surface area (Å²) in [5, 5.41) is 14.3. The minimum Gasteiger partial charge on any atom is -0.465 e. The number of aromatic nitrogens is 2. The number of carbonyl (C=O) groups is 1. The molecule has 3 fully saturated rings. The quantitative estimate of drug-likeness (QED) is 0.577. The van der Waals surface area contributed by atoms with Gasteiger partial charge in [-0.05, 0) is 83.1 Å². The van der Waals surface area contributed by atoms with Crippen LogP contribution in [-0.4, -0.2) is 77.8 Å². The molecule has 3 aliphatic rings. The Balaban J connectivity index is 1.43. The van der Waals surface area contributed by atoms with Gasteiger partial charge in [0.25, 0.3) is 0 Å². The molecule has 1 N–H and O–H groups in total. The number of amides is 1. The average Bonchev–Trinajstić information content (AvgIpc) is 3.27. The van der Waals surface area contributed by atoms with Crippen LogP contribution in [0.25, 0.3) is 0 Å². The lowest BCUT2D eigenvalue weighted by Gasteiger charge is -2.44. The molecule has 1 aromatic heterocycles. The molecule has 2 saturated carbocycles. The Bertz CT molecular complexity index is 789. The summed E-state index contributed by atoms with van der Waals surface area (Å²) in [5.41, 5.74) is 3.03. The number of carboxylic acid groups (broad SMARTS) is 1. The van der Waals surface area contributed by atoms with Gasteiger partial charge in [-0.1, -0.05) is 0 Å². The molecule has 0 bridgehead atoms. The van der Waals surface area contributed by atoms with Crippen LogP contribution in [0.2, 0.25) is 0 Å². The fraction of sp³-hybridized carbons (Fsp3) is 0.846. The third-order valence-electron chi connectivity index (χ3n) is 8.63. The maximum absolute atomic E-state index is 11.1. The van der Waals surface area contributed by atoms with Crippen molar-refractivity contribution in [3.05, 3.63) is 17.5 Å². The van der Waals surface area contributed by atoms with Gasteiger partial charge in [0.05, 0.1) is 11.8 Å². The lowest BCUT2D eigenvalue weighted by atomic mass is 9.62. The van der Waals surface area contributed by atoms with Crippen molar-refractivity contribution in [1.29, 1.82) is 0 Å². The Morgan fingerprint density at radius 3 is 2.47 bits per heavy atom. The first-order chi connectivity index (χ1) is 16.4. The van der Waals surface area contributed by atoms with Gasteiger partial charge in [-0.3, -0.25) is 0 Å². The van der Waals surface area contributed by atoms with E-state index in [2.05, 4.69) is 22.8 Å². The molecule has 0 aromatic carbocycles. The van der Waals surface area contributed by atoms with E-state index in [9.17, 15) is 4.79 Å². The van der Waals surface area contributed by atoms with Crippen molar-refractivity contribution in [2.45, 2.75) is 95.4 Å². The molecule has 8 heteroatoms. The molecular formula is C26H44N4O4. The molecular weight excluding hydrogens is 432 g/mol. The monoisotopic (exact) mass is 476 g/mol. The highest BCUT2D eigenvalue weighted by atomic mass is 16.5. The minimum absolute atomic E-state index is 0.0453. The zero-order valence-corrected chi connectivity index (χ0v) is 21.4. The third-order valence-corrected chi connectivity index (χ3v) is 8.63. The summed E-state index contributed by atoms with van der Waals surface area (Å²) < 4.78 is 13.7. The fourth-order valence-corrected chi connectivity index (χ4v) is 6.22. The lowest BCUT2D eigenvalue weighted by Crippen LogP contribution is -2.34. The molecule has 2 heterocycles. The summed E-state index contributed by atoms with van der Waals surface area (Å²) in [7, 11) is 5.54. The van der Waals surface area contributed by atoms with Crippen LogP contribution in [0.1, 0.15) is 94.0 Å². The summed E-state index contributed by atoms with van der Waals surface area (Å²) in [4.78, 5) is 14.7. The predicted molar refractivity (Wildman–Crippen MR) is 131 cm³/mol. The van der Waals surface area contributed by atoms with Gasteiger partial charge in [0.2, 0.25) is 0 Å². The molecule has 2 aliphatic carbocycles. The van der Waals surface area contributed by atoms with Crippen LogP contribution >= 0.6 is 0 Å². The maximum atomic E-state index is 11.1. The maximum Gasteiger partial charge on any atom is 0.407 e. The van der Waals surface area contributed by atoms with Crippen molar-refractivity contribution in [2.75, 3.05) is 40.9 Å². The van der Waals surface area contributed by atoms with E-state index in [1.165, 1.54) is 73.9 Å². The summed E-state index contributed by atoms with van der Waals surface area (Å²) in [6.45, 7) is 2.79. The molecule has 1 aromatic rings. The Labute approximate surface area is 204 Å². The third kappa shape index (κ3) is 6.13. The van der Waals surface area contributed by atoms with Crippen molar-refractivity contribution in [2.24, 2.45) is 5.41 Å². The van der Waals surface area contributed by atoms with Gasteiger partial charge >= 0.3 is 6.09 Å². The number of likely N-dealkylation sites (N-methyl/N-ethyl adjacent to an activating group) is 2. The number of hydrogen-bond donors (Lipinski definition) is 1. The molecule has 8 nitrogen and oxygen atoms in total. The van der Waals surface area contributed by atoms with E-state index in [-0.39, 0.29) is 6.23 Å². The highest BCUT2D eigenvalue weighted by Gasteiger charge is 2.40. The van der Waals surface area contributed by atoms with Crippen molar-refractivity contribution < 1.29 is 19.4 Å². The molecule has 4 rings (SSSR count). The van der Waals surface area contributed by atoms with Crippen LogP contribution in [-0.2, 0) is 16.0 Å². The van der Waals surface area contributed by atoms with Crippen LogP contribution in [0.5, 0.6) is 0 Å². The van der Waals surface area contributed by atoms with Gasteiger partial charge < -0.3 is 24.4 Å². The van der Waals surface area contributed by atoms with Crippen molar-refractivity contribution in [3.63, 3.8) is 0 Å². The fourth-order valence-electron chi connectivity index (χ4n) is 6.22. The van der Waals surface area contributed by atoms with E-state index in [1.807, 2.05) is 7.11 Å². The molecule has 34 heavy (non-hydrogen) atoms. The first-order valence-corrected chi connectivity index (χ1v) is 13.2. The van der Waals surface area contributed by atoms with E-state index >= 15 is 0 Å². The Morgan fingerprint density at radius 2 is 1.85 bits per heavy atom. The zero-order chi connectivity index (χ0) is 24.1. The van der Waals surface area contributed by atoms with Crippen molar-refractivity contribution in [3.8, 4) is 0 Å². The second-order valence-electron chi connectivity index (χ2n) is 11.0. The zero-order valence-electron chi connectivity index (χ0n) is 21.4. The summed E-state index contributed by atoms with van der Waals surface area (Å²) in [5.74, 6) is 0.501. The number of rotatable bonds is 8. The molecule has 1 saturated heterocycles. The normalized spacial score (nSPS) is 30.1. The summed E-state index contributed by atoms with van der Waals surface area (Å²) in [6, 6.07) is 0. The molecule has 1 unspecified atom stereocenters. The highest BCUT2D eigenvalue weighted by molar-refractivity contribution is 5.64. The average molecular weight is 477 g/mol. The molecule has 0 radical (unpaired) electrons. The number of ether oxygens (including phenoxy) is 2. The van der Waals surface area contributed by atoms with E-state index in [1.54, 1.807) is 7.05 Å². The SMILES string of the molecule is COC1CCC2(CC1)CCC(c1nn(C3CCCCO3)cc1CN(C)CCN(C)C(=O)O)CC2. The summed E-state index contributed by atoms with van der Waals surface area (Å²) >= 11 is 0. The van der Waals surface area contributed by atoms with E-state index < -0.39 is 6.09 Å². The van der Waals surface area contributed by atoms with Gasteiger partial charge in [0.1, 0.15) is 6.23 Å². The Morgan fingerprint density at radius 1 is 1.15 bits per heavy atom. The van der Waals surface area contributed by atoms with Gasteiger partial charge in [0, 0.05) is 58.1 Å². The molecule has 1 spiro atoms. The van der Waals surface area contributed by atoms with Crippen LogP contribution in [0.15, 0.2) is 6.20 Å². The number of methoxy groups -OCH3 is 1. The van der Waals surface area contributed by atoms with Crippen LogP contribution < -0.4 is 0 Å². The molecule has 1 amide bonds. The first kappa shape index (κ1) is 25.5. The van der Waals surface area contributed by atoms with Crippen LogP contribution in [0, 0.1) is 5.41 Å². The van der Waals surface area contributed by atoms with Gasteiger partial charge in [-0.2, -0.15) is 5.10 Å². The summed E-state index contributed by atoms with van der Waals surface area (Å²) in [6.07, 6.45) is 15.2. The van der Waals surface area contributed by atoms with E-state index in [4.69, 9.17) is 19.7 Å². The molecule has 1 aliphatic heterocycles. The minimum atomic E-state index is -0.882. The van der Waals surface area contributed by atoms with Gasteiger partial charge in [0.15, 0.2) is 0 Å². The standard InChI is InChI=1S/C26H44N4O4/c1-28(15-16-29(2)25(31)32)18-21-19-30(23-6-4-5-17-34-23)27-24(21)20-7-11-26(12-8-20)13-9-22(33-3)10-14-26/h19-20,22-23H,4-18H2,1-3H3,(H,31,32). The largest absolute Gasteiger partial charge is 0.465 e. The van der Waals surface area contributed by atoms with E-state index in [0.29, 0.717) is 30.5 Å². The first-order valence-electron chi connectivity index (χ1n) is 13.2. The van der Waals surface area contributed by atoms with Crippen LogP contribution in [0.4, 0.5) is 4.79 Å². The van der Waals surface area contributed by atoms with Crippen molar-refractivity contribution in [1.82, 2.24) is 19.6 Å².